The van der Waals surface area contributed by atoms with Crippen LogP contribution in [0, 0.1) is 17.8 Å². The Hall–Kier alpha value is -1.82. The van der Waals surface area contributed by atoms with E-state index >= 15 is 0 Å². The fourth-order valence-corrected chi connectivity index (χ4v) is 6.85. The second-order valence-electron chi connectivity index (χ2n) is 10.5. The Balaban J connectivity index is 2.13. The van der Waals surface area contributed by atoms with Crippen molar-refractivity contribution in [2.45, 2.75) is 57.7 Å². The predicted molar refractivity (Wildman–Crippen MR) is 150 cm³/mol. The average Bonchev–Trinajstić information content (AvgIpc) is 2.81. The number of rotatable bonds is 10. The minimum atomic E-state index is -3.28. The molecule has 1 heterocycles. The summed E-state index contributed by atoms with van der Waals surface area (Å²) in [5.74, 6) is -0.263. The normalized spacial score (nSPS) is 21.7. The first-order chi connectivity index (χ1) is 16.9. The van der Waals surface area contributed by atoms with Crippen molar-refractivity contribution in [1.82, 2.24) is 4.90 Å². The molecular weight excluding hydrogens is 513 g/mol. The first-order valence-corrected chi connectivity index (χ1v) is 15.1. The number of likely N-dealkylation sites (tertiary alicyclic amines) is 1. The van der Waals surface area contributed by atoms with Gasteiger partial charge >= 0.3 is 0 Å². The molecule has 1 aliphatic rings. The van der Waals surface area contributed by atoms with Gasteiger partial charge in [0.05, 0.1) is 17.0 Å². The molecule has 0 N–H and O–H groups in total. The average molecular weight is 551 g/mol. The third kappa shape index (κ3) is 6.73. The fourth-order valence-electron chi connectivity index (χ4n) is 5.05. The number of piperidine rings is 1. The van der Waals surface area contributed by atoms with Gasteiger partial charge in [-0.25, -0.2) is 8.42 Å². The van der Waals surface area contributed by atoms with Crippen molar-refractivity contribution >= 4 is 38.9 Å². The van der Waals surface area contributed by atoms with Crippen LogP contribution in [-0.2, 0) is 14.6 Å². The van der Waals surface area contributed by atoms with E-state index in [-0.39, 0.29) is 41.4 Å². The maximum Gasteiger partial charge on any atom is 0.226 e. The molecule has 0 saturated carbocycles. The minimum Gasteiger partial charge on any atom is -0.334 e. The summed E-state index contributed by atoms with van der Waals surface area (Å²) in [5.41, 5.74) is 2.04. The molecule has 4 nitrogen and oxygen atoms in total. The molecule has 3 rings (SSSR count). The van der Waals surface area contributed by atoms with E-state index in [1.54, 1.807) is 19.9 Å². The Bertz CT molecular complexity index is 1160. The van der Waals surface area contributed by atoms with Crippen molar-refractivity contribution in [3.8, 4) is 0 Å². The summed E-state index contributed by atoms with van der Waals surface area (Å²) in [6.45, 7) is 11.7. The van der Waals surface area contributed by atoms with Gasteiger partial charge in [-0.1, -0.05) is 67.4 Å². The minimum absolute atomic E-state index is 0.0120. The summed E-state index contributed by atoms with van der Waals surface area (Å²) in [5, 5.41) is 0.809. The number of hydrogen-bond donors (Lipinski definition) is 0. The molecule has 1 saturated heterocycles. The molecule has 1 aliphatic heterocycles. The number of carbonyl (C=O) groups is 1. The van der Waals surface area contributed by atoms with Crippen molar-refractivity contribution in [1.29, 1.82) is 0 Å². The van der Waals surface area contributed by atoms with Crippen LogP contribution >= 0.6 is 23.2 Å². The van der Waals surface area contributed by atoms with E-state index in [9.17, 15) is 13.2 Å². The molecule has 4 atom stereocenters. The van der Waals surface area contributed by atoms with Crippen molar-refractivity contribution in [2.24, 2.45) is 17.8 Å². The highest BCUT2D eigenvalue weighted by atomic mass is 35.5. The summed E-state index contributed by atoms with van der Waals surface area (Å²) in [6, 6.07) is 15.2. The van der Waals surface area contributed by atoms with Crippen LogP contribution in [0.5, 0.6) is 0 Å². The Labute approximate surface area is 226 Å². The summed E-state index contributed by atoms with van der Waals surface area (Å²) in [6.07, 6.45) is 3.02. The highest BCUT2D eigenvalue weighted by Crippen LogP contribution is 2.47. The zero-order valence-electron chi connectivity index (χ0n) is 21.5. The maximum absolute atomic E-state index is 13.9. The van der Waals surface area contributed by atoms with Gasteiger partial charge < -0.3 is 4.90 Å². The van der Waals surface area contributed by atoms with Gasteiger partial charge in [-0.3, -0.25) is 4.79 Å². The number of carbonyl (C=O) groups excluding carboxylic acids is 1. The molecule has 7 heteroatoms. The molecule has 0 aromatic heterocycles. The van der Waals surface area contributed by atoms with E-state index in [0.717, 1.165) is 11.1 Å². The van der Waals surface area contributed by atoms with Crippen LogP contribution in [0.1, 0.15) is 63.6 Å². The van der Waals surface area contributed by atoms with Crippen molar-refractivity contribution in [2.75, 3.05) is 12.3 Å². The molecular formula is C29H37Cl2NO3S. The predicted octanol–water partition coefficient (Wildman–Crippen LogP) is 7.34. The van der Waals surface area contributed by atoms with E-state index in [2.05, 4.69) is 12.6 Å². The van der Waals surface area contributed by atoms with Crippen molar-refractivity contribution in [3.63, 3.8) is 0 Å². The lowest BCUT2D eigenvalue weighted by atomic mass is 9.74. The third-order valence-electron chi connectivity index (χ3n) is 7.37. The lowest BCUT2D eigenvalue weighted by Crippen LogP contribution is -2.50. The molecule has 0 bridgehead atoms. The van der Waals surface area contributed by atoms with E-state index in [0.29, 0.717) is 29.4 Å². The third-order valence-corrected chi connectivity index (χ3v) is 10.2. The number of hydrogen-bond acceptors (Lipinski definition) is 3. The van der Waals surface area contributed by atoms with Crippen LogP contribution in [-0.4, -0.2) is 36.8 Å². The van der Waals surface area contributed by atoms with Crippen LogP contribution < -0.4 is 0 Å². The van der Waals surface area contributed by atoms with Crippen LogP contribution in [0.15, 0.2) is 61.2 Å². The molecule has 0 unspecified atom stereocenters. The highest BCUT2D eigenvalue weighted by Gasteiger charge is 2.44. The first-order valence-electron chi connectivity index (χ1n) is 12.6. The Morgan fingerprint density at radius 1 is 1.03 bits per heavy atom. The van der Waals surface area contributed by atoms with E-state index in [4.69, 9.17) is 23.2 Å². The van der Waals surface area contributed by atoms with E-state index < -0.39 is 15.1 Å². The van der Waals surface area contributed by atoms with E-state index in [1.165, 1.54) is 0 Å². The van der Waals surface area contributed by atoms with Gasteiger partial charge in [-0.15, -0.1) is 6.58 Å². The molecule has 1 fully saturated rings. The lowest BCUT2D eigenvalue weighted by Gasteiger charge is -2.46. The number of benzene rings is 2. The summed E-state index contributed by atoms with van der Waals surface area (Å²) >= 11 is 12.6. The zero-order chi connectivity index (χ0) is 26.6. The quantitative estimate of drug-likeness (QED) is 0.291. The van der Waals surface area contributed by atoms with Crippen LogP contribution in [0.2, 0.25) is 10.0 Å². The number of sulfone groups is 1. The first kappa shape index (κ1) is 28.7. The van der Waals surface area contributed by atoms with Crippen molar-refractivity contribution in [3.05, 3.63) is 82.4 Å². The molecule has 196 valence electrons. The smallest absolute Gasteiger partial charge is 0.226 e. The number of nitrogens with zero attached hydrogens (tertiary/aromatic N) is 1. The molecule has 1 amide bonds. The van der Waals surface area contributed by atoms with Gasteiger partial charge in [-0.05, 0) is 73.9 Å². The Kier molecular flexibility index (Phi) is 9.70. The van der Waals surface area contributed by atoms with Gasteiger partial charge in [-0.2, -0.15) is 0 Å². The number of amides is 1. The number of allylic oxidation sites excluding steroid dienone is 1. The van der Waals surface area contributed by atoms with Gasteiger partial charge in [0, 0.05) is 28.4 Å². The number of halogens is 2. The van der Waals surface area contributed by atoms with Crippen LogP contribution in [0.25, 0.3) is 0 Å². The van der Waals surface area contributed by atoms with Gasteiger partial charge in [0.15, 0.2) is 9.84 Å². The Morgan fingerprint density at radius 3 is 2.25 bits per heavy atom. The molecule has 0 aliphatic carbocycles. The molecule has 2 aromatic carbocycles. The standard InChI is InChI=1S/C29H37Cl2NO3S/c1-6-8-23-16-27(22-9-7-10-26(31)15-22)28(21-11-13-25(30)14-12-21)32(29(23)33)17-24(19(2)3)18-36(34,35)20(4)5/h6-7,9-15,19-20,23-24,27-28H,1,8,16-18H2,2-5H3/t23-,24-,27+,28+/m0/s1. The Morgan fingerprint density at radius 2 is 1.69 bits per heavy atom. The maximum atomic E-state index is 13.9. The molecule has 36 heavy (non-hydrogen) atoms. The summed E-state index contributed by atoms with van der Waals surface area (Å²) in [4.78, 5) is 15.9. The highest BCUT2D eigenvalue weighted by molar-refractivity contribution is 7.91. The van der Waals surface area contributed by atoms with Gasteiger partial charge in [0.2, 0.25) is 5.91 Å². The SMILES string of the molecule is C=CC[C@H]1C[C@H](c2cccc(Cl)c2)[C@@H](c2ccc(Cl)cc2)N(C[C@@H](CS(=O)(=O)C(C)C)C(C)C)C1=O. The second kappa shape index (κ2) is 12.1. The van der Waals surface area contributed by atoms with Gasteiger partial charge in [0.1, 0.15) is 0 Å². The van der Waals surface area contributed by atoms with E-state index in [1.807, 2.05) is 61.2 Å². The largest absolute Gasteiger partial charge is 0.334 e. The summed E-state index contributed by atoms with van der Waals surface area (Å²) < 4.78 is 25.8. The topological polar surface area (TPSA) is 54.5 Å². The molecule has 0 radical (unpaired) electrons. The van der Waals surface area contributed by atoms with Crippen LogP contribution in [0.3, 0.4) is 0 Å². The van der Waals surface area contributed by atoms with Crippen molar-refractivity contribution < 1.29 is 13.2 Å². The zero-order valence-corrected chi connectivity index (χ0v) is 23.9. The summed E-state index contributed by atoms with van der Waals surface area (Å²) in [7, 11) is -3.28. The fraction of sp³-hybridized carbons (Fsp3) is 0.483. The molecule has 0 spiro atoms. The monoisotopic (exact) mass is 549 g/mol. The lowest BCUT2D eigenvalue weighted by molar-refractivity contribution is -0.144. The molecule has 2 aromatic rings. The van der Waals surface area contributed by atoms with Crippen LogP contribution in [0.4, 0.5) is 0 Å². The second-order valence-corrected chi connectivity index (χ2v) is 14.0. The van der Waals surface area contributed by atoms with Gasteiger partial charge in [0.25, 0.3) is 0 Å².